The molecule has 0 bridgehead atoms. The summed E-state index contributed by atoms with van der Waals surface area (Å²) in [4.78, 5) is 30.6. The average molecular weight is 318 g/mol. The molecule has 0 saturated heterocycles. The van der Waals surface area contributed by atoms with Crippen molar-refractivity contribution in [2.75, 3.05) is 13.1 Å². The van der Waals surface area contributed by atoms with E-state index in [0.717, 1.165) is 17.8 Å². The summed E-state index contributed by atoms with van der Waals surface area (Å²) in [5.41, 5.74) is 1.49. The van der Waals surface area contributed by atoms with Crippen molar-refractivity contribution in [2.24, 2.45) is 18.9 Å². The van der Waals surface area contributed by atoms with Crippen LogP contribution in [0.25, 0.3) is 0 Å². The van der Waals surface area contributed by atoms with Crippen LogP contribution in [-0.2, 0) is 20.0 Å². The Morgan fingerprint density at radius 3 is 2.96 bits per heavy atom. The SMILES string of the molecule is C[C@H]1CCCC[C@@H]1CNC(=O)N1CCc2c(ncn(C)c2=O)C1. The molecule has 0 unspecified atom stereocenters. The minimum Gasteiger partial charge on any atom is -0.338 e. The van der Waals surface area contributed by atoms with Crippen molar-refractivity contribution in [2.45, 2.75) is 45.6 Å². The number of carbonyl (C=O) groups excluding carboxylic acids is 1. The fourth-order valence-corrected chi connectivity index (χ4v) is 3.72. The van der Waals surface area contributed by atoms with Gasteiger partial charge in [0, 0.05) is 25.7 Å². The van der Waals surface area contributed by atoms with Crippen molar-refractivity contribution < 1.29 is 4.79 Å². The van der Waals surface area contributed by atoms with Crippen molar-refractivity contribution in [3.8, 4) is 0 Å². The predicted molar refractivity (Wildman–Crippen MR) is 88.1 cm³/mol. The fourth-order valence-electron chi connectivity index (χ4n) is 3.72. The molecule has 0 aromatic carbocycles. The number of nitrogens with one attached hydrogen (secondary N) is 1. The van der Waals surface area contributed by atoms with Gasteiger partial charge in [-0.1, -0.05) is 26.2 Å². The number of rotatable bonds is 2. The van der Waals surface area contributed by atoms with E-state index < -0.39 is 0 Å². The lowest BCUT2D eigenvalue weighted by molar-refractivity contribution is 0.182. The third kappa shape index (κ3) is 3.41. The number of urea groups is 1. The zero-order valence-corrected chi connectivity index (χ0v) is 14.0. The van der Waals surface area contributed by atoms with Gasteiger partial charge in [-0.25, -0.2) is 9.78 Å². The smallest absolute Gasteiger partial charge is 0.317 e. The van der Waals surface area contributed by atoms with Gasteiger partial charge in [0.25, 0.3) is 5.56 Å². The molecule has 0 radical (unpaired) electrons. The Hall–Kier alpha value is -1.85. The Kier molecular flexibility index (Phi) is 4.68. The molecule has 1 aliphatic carbocycles. The number of aromatic nitrogens is 2. The predicted octanol–water partition coefficient (Wildman–Crippen LogP) is 1.67. The second-order valence-electron chi connectivity index (χ2n) is 6.97. The topological polar surface area (TPSA) is 67.2 Å². The van der Waals surface area contributed by atoms with Crippen molar-refractivity contribution in [1.29, 1.82) is 0 Å². The lowest BCUT2D eigenvalue weighted by Crippen LogP contribution is -2.46. The third-order valence-electron chi connectivity index (χ3n) is 5.38. The summed E-state index contributed by atoms with van der Waals surface area (Å²) in [5, 5.41) is 3.09. The van der Waals surface area contributed by atoms with E-state index in [1.54, 1.807) is 11.9 Å². The molecule has 126 valence electrons. The molecule has 3 rings (SSSR count). The van der Waals surface area contributed by atoms with E-state index in [0.29, 0.717) is 31.3 Å². The molecule has 1 fully saturated rings. The highest BCUT2D eigenvalue weighted by Crippen LogP contribution is 2.28. The van der Waals surface area contributed by atoms with E-state index in [1.807, 2.05) is 0 Å². The van der Waals surface area contributed by atoms with Crippen LogP contribution in [-0.4, -0.2) is 33.6 Å². The Morgan fingerprint density at radius 2 is 2.17 bits per heavy atom. The number of aryl methyl sites for hydroxylation is 1. The largest absolute Gasteiger partial charge is 0.338 e. The van der Waals surface area contributed by atoms with E-state index in [1.165, 1.54) is 36.6 Å². The Labute approximate surface area is 136 Å². The molecule has 1 aliphatic heterocycles. The Balaban J connectivity index is 1.59. The van der Waals surface area contributed by atoms with Crippen molar-refractivity contribution in [3.05, 3.63) is 27.9 Å². The van der Waals surface area contributed by atoms with E-state index in [2.05, 4.69) is 17.2 Å². The number of hydrogen-bond donors (Lipinski definition) is 1. The van der Waals surface area contributed by atoms with Gasteiger partial charge in [-0.05, 0) is 24.7 Å². The molecule has 2 atom stereocenters. The lowest BCUT2D eigenvalue weighted by atomic mass is 9.80. The van der Waals surface area contributed by atoms with Gasteiger partial charge in [0.15, 0.2) is 0 Å². The van der Waals surface area contributed by atoms with Crippen LogP contribution in [0.3, 0.4) is 0 Å². The number of amides is 2. The number of hydrogen-bond acceptors (Lipinski definition) is 3. The molecule has 6 heteroatoms. The summed E-state index contributed by atoms with van der Waals surface area (Å²) in [6.45, 7) is 4.05. The van der Waals surface area contributed by atoms with Crippen LogP contribution < -0.4 is 10.9 Å². The monoisotopic (exact) mass is 318 g/mol. The standard InChI is InChI=1S/C17H26N4O2/c1-12-5-3-4-6-13(12)9-18-17(23)21-8-7-14-15(10-21)19-11-20(2)16(14)22/h11-13H,3-10H2,1-2H3,(H,18,23)/t12-,13+/m0/s1. The molecule has 1 saturated carbocycles. The quantitative estimate of drug-likeness (QED) is 0.902. The van der Waals surface area contributed by atoms with Crippen LogP contribution in [0, 0.1) is 11.8 Å². The molecule has 23 heavy (non-hydrogen) atoms. The van der Waals surface area contributed by atoms with Gasteiger partial charge in [0.1, 0.15) is 0 Å². The number of carbonyl (C=O) groups is 1. The van der Waals surface area contributed by atoms with Crippen molar-refractivity contribution >= 4 is 6.03 Å². The second kappa shape index (κ2) is 6.72. The first-order chi connectivity index (χ1) is 11.1. The van der Waals surface area contributed by atoms with Gasteiger partial charge in [-0.2, -0.15) is 0 Å². The van der Waals surface area contributed by atoms with Crippen LogP contribution in [0.4, 0.5) is 4.79 Å². The zero-order valence-electron chi connectivity index (χ0n) is 14.0. The molecular formula is C17H26N4O2. The maximum atomic E-state index is 12.4. The molecule has 2 aliphatic rings. The van der Waals surface area contributed by atoms with Gasteiger partial charge in [-0.3, -0.25) is 4.79 Å². The van der Waals surface area contributed by atoms with E-state index in [-0.39, 0.29) is 11.6 Å². The van der Waals surface area contributed by atoms with Crippen LogP contribution in [0.2, 0.25) is 0 Å². The summed E-state index contributed by atoms with van der Waals surface area (Å²) in [6.07, 6.45) is 7.19. The first kappa shape index (κ1) is 16.0. The number of fused-ring (bicyclic) bond motifs is 1. The molecule has 0 spiro atoms. The second-order valence-corrected chi connectivity index (χ2v) is 6.97. The molecule has 2 amide bonds. The van der Waals surface area contributed by atoms with Gasteiger partial charge >= 0.3 is 6.03 Å². The zero-order chi connectivity index (χ0) is 16.4. The molecule has 1 aromatic heterocycles. The van der Waals surface area contributed by atoms with Crippen LogP contribution in [0.5, 0.6) is 0 Å². The first-order valence-corrected chi connectivity index (χ1v) is 8.62. The first-order valence-electron chi connectivity index (χ1n) is 8.62. The van der Waals surface area contributed by atoms with Gasteiger partial charge < -0.3 is 14.8 Å². The Morgan fingerprint density at radius 1 is 1.39 bits per heavy atom. The average Bonchev–Trinajstić information content (AvgIpc) is 2.57. The van der Waals surface area contributed by atoms with Crippen LogP contribution in [0.1, 0.15) is 43.9 Å². The number of nitrogens with zero attached hydrogens (tertiary/aromatic N) is 3. The lowest BCUT2D eigenvalue weighted by Gasteiger charge is -2.31. The van der Waals surface area contributed by atoms with Crippen molar-refractivity contribution in [3.63, 3.8) is 0 Å². The van der Waals surface area contributed by atoms with Crippen LogP contribution >= 0.6 is 0 Å². The Bertz CT molecular complexity index is 640. The third-order valence-corrected chi connectivity index (χ3v) is 5.38. The normalized spacial score (nSPS) is 24.2. The van der Waals surface area contributed by atoms with E-state index in [9.17, 15) is 9.59 Å². The summed E-state index contributed by atoms with van der Waals surface area (Å²) in [7, 11) is 1.71. The maximum absolute atomic E-state index is 12.4. The van der Waals surface area contributed by atoms with Gasteiger partial charge in [-0.15, -0.1) is 0 Å². The highest BCUT2D eigenvalue weighted by Gasteiger charge is 2.26. The molecule has 1 aromatic rings. The summed E-state index contributed by atoms with van der Waals surface area (Å²) < 4.78 is 1.50. The molecule has 2 heterocycles. The van der Waals surface area contributed by atoms with Crippen LogP contribution in [0.15, 0.2) is 11.1 Å². The maximum Gasteiger partial charge on any atom is 0.317 e. The molecular weight excluding hydrogens is 292 g/mol. The summed E-state index contributed by atoms with van der Waals surface area (Å²) in [6, 6.07) is -0.0316. The van der Waals surface area contributed by atoms with Gasteiger partial charge in [0.05, 0.1) is 18.6 Å². The fraction of sp³-hybridized carbons (Fsp3) is 0.706. The minimum atomic E-state index is -0.0316. The molecule has 1 N–H and O–H groups in total. The van der Waals surface area contributed by atoms with Gasteiger partial charge in [0.2, 0.25) is 0 Å². The van der Waals surface area contributed by atoms with Crippen molar-refractivity contribution in [1.82, 2.24) is 19.8 Å². The highest BCUT2D eigenvalue weighted by molar-refractivity contribution is 5.74. The summed E-state index contributed by atoms with van der Waals surface area (Å²) in [5.74, 6) is 1.28. The van der Waals surface area contributed by atoms with E-state index >= 15 is 0 Å². The highest BCUT2D eigenvalue weighted by atomic mass is 16.2. The minimum absolute atomic E-state index is 0.00564. The summed E-state index contributed by atoms with van der Waals surface area (Å²) >= 11 is 0. The molecule has 6 nitrogen and oxygen atoms in total. The van der Waals surface area contributed by atoms with E-state index in [4.69, 9.17) is 0 Å².